The molecule has 126 valence electrons. The summed E-state index contributed by atoms with van der Waals surface area (Å²) < 4.78 is 0.975. The van der Waals surface area contributed by atoms with E-state index in [1.807, 2.05) is 6.07 Å². The van der Waals surface area contributed by atoms with Gasteiger partial charge >= 0.3 is 5.69 Å². The number of carbonyl (C=O) groups is 1. The van der Waals surface area contributed by atoms with Gasteiger partial charge in [-0.15, -0.1) is 0 Å². The van der Waals surface area contributed by atoms with Crippen LogP contribution >= 0.6 is 0 Å². The van der Waals surface area contributed by atoms with Gasteiger partial charge in [-0.3, -0.25) is 14.2 Å². The van der Waals surface area contributed by atoms with Crippen molar-refractivity contribution in [1.29, 1.82) is 0 Å². The summed E-state index contributed by atoms with van der Waals surface area (Å²) in [7, 11) is 1.39. The summed E-state index contributed by atoms with van der Waals surface area (Å²) in [5.74, 6) is 0.0713. The molecular formula is C16H19N5O3. The Balaban J connectivity index is 1.72. The molecule has 1 saturated heterocycles. The SMILES string of the molecule is Cn1c(=O)[nH]cc(CC(=O)N2CCC[C@@H](c3ccncn3)C2)c1=O. The Morgan fingerprint density at radius 3 is 3.00 bits per heavy atom. The lowest BCUT2D eigenvalue weighted by Crippen LogP contribution is -2.42. The van der Waals surface area contributed by atoms with Crippen molar-refractivity contribution >= 4 is 5.91 Å². The topological polar surface area (TPSA) is 101 Å². The maximum atomic E-state index is 12.5. The Morgan fingerprint density at radius 1 is 1.42 bits per heavy atom. The van der Waals surface area contributed by atoms with Gasteiger partial charge in [0.2, 0.25) is 5.91 Å². The Kier molecular flexibility index (Phi) is 4.54. The molecule has 3 heterocycles. The third-order valence-electron chi connectivity index (χ3n) is 4.39. The number of hydrogen-bond donors (Lipinski definition) is 1. The number of nitrogens with zero attached hydrogens (tertiary/aromatic N) is 4. The summed E-state index contributed by atoms with van der Waals surface area (Å²) in [6, 6.07) is 1.87. The molecule has 1 amide bonds. The van der Waals surface area contributed by atoms with Crippen LogP contribution in [-0.4, -0.2) is 43.4 Å². The molecular weight excluding hydrogens is 310 g/mol. The van der Waals surface area contributed by atoms with Crippen molar-refractivity contribution in [3.8, 4) is 0 Å². The van der Waals surface area contributed by atoms with Crippen LogP contribution in [0, 0.1) is 0 Å². The van der Waals surface area contributed by atoms with Crippen LogP contribution in [0.2, 0.25) is 0 Å². The minimum Gasteiger partial charge on any atom is -0.342 e. The molecule has 2 aromatic rings. The van der Waals surface area contributed by atoms with E-state index in [-0.39, 0.29) is 18.2 Å². The van der Waals surface area contributed by atoms with Crippen molar-refractivity contribution in [1.82, 2.24) is 24.4 Å². The normalized spacial score (nSPS) is 17.7. The zero-order valence-corrected chi connectivity index (χ0v) is 13.4. The third-order valence-corrected chi connectivity index (χ3v) is 4.39. The van der Waals surface area contributed by atoms with Gasteiger partial charge in [0, 0.05) is 49.7 Å². The number of aromatic nitrogens is 4. The van der Waals surface area contributed by atoms with Crippen LogP contribution in [-0.2, 0) is 18.3 Å². The molecule has 8 nitrogen and oxygen atoms in total. The highest BCUT2D eigenvalue weighted by Crippen LogP contribution is 2.25. The van der Waals surface area contributed by atoms with Crippen molar-refractivity contribution in [2.24, 2.45) is 7.05 Å². The summed E-state index contributed by atoms with van der Waals surface area (Å²) >= 11 is 0. The highest BCUT2D eigenvalue weighted by Gasteiger charge is 2.26. The molecule has 24 heavy (non-hydrogen) atoms. The number of likely N-dealkylation sites (tertiary alicyclic amines) is 1. The second-order valence-electron chi connectivity index (χ2n) is 5.97. The fraction of sp³-hybridized carbons (Fsp3) is 0.438. The van der Waals surface area contributed by atoms with Crippen LogP contribution in [0.25, 0.3) is 0 Å². The molecule has 8 heteroatoms. The average molecular weight is 329 g/mol. The molecule has 0 bridgehead atoms. The minimum absolute atomic E-state index is 0.0139. The molecule has 3 rings (SSSR count). The molecule has 2 aromatic heterocycles. The van der Waals surface area contributed by atoms with Crippen molar-refractivity contribution in [2.75, 3.05) is 13.1 Å². The highest BCUT2D eigenvalue weighted by molar-refractivity contribution is 5.78. The fourth-order valence-corrected chi connectivity index (χ4v) is 3.00. The van der Waals surface area contributed by atoms with E-state index in [4.69, 9.17) is 0 Å². The standard InChI is InChI=1S/C16H19N5O3/c1-20-15(23)12(8-18-16(20)24)7-14(22)21-6-2-3-11(9-21)13-4-5-17-10-19-13/h4-5,8,10-11H,2-3,6-7,9H2,1H3,(H,18,24)/t11-/m1/s1. The Hall–Kier alpha value is -2.77. The molecule has 0 aliphatic carbocycles. The molecule has 1 fully saturated rings. The number of hydrogen-bond acceptors (Lipinski definition) is 5. The number of rotatable bonds is 3. The van der Waals surface area contributed by atoms with E-state index in [0.29, 0.717) is 18.7 Å². The number of piperidine rings is 1. The first kappa shape index (κ1) is 16.1. The van der Waals surface area contributed by atoms with Crippen LogP contribution in [0.4, 0.5) is 0 Å². The zero-order valence-electron chi connectivity index (χ0n) is 13.4. The van der Waals surface area contributed by atoms with Gasteiger partial charge < -0.3 is 9.88 Å². The first-order chi connectivity index (χ1) is 11.6. The highest BCUT2D eigenvalue weighted by atomic mass is 16.2. The monoisotopic (exact) mass is 329 g/mol. The molecule has 1 N–H and O–H groups in total. The van der Waals surface area contributed by atoms with Crippen molar-refractivity contribution in [2.45, 2.75) is 25.2 Å². The predicted molar refractivity (Wildman–Crippen MR) is 86.6 cm³/mol. The van der Waals surface area contributed by atoms with E-state index < -0.39 is 11.2 Å². The summed E-state index contributed by atoms with van der Waals surface area (Å²) in [6.07, 6.45) is 6.40. The van der Waals surface area contributed by atoms with Gasteiger partial charge in [0.1, 0.15) is 6.33 Å². The van der Waals surface area contributed by atoms with Crippen molar-refractivity contribution in [3.63, 3.8) is 0 Å². The van der Waals surface area contributed by atoms with E-state index in [0.717, 1.165) is 23.1 Å². The van der Waals surface area contributed by atoms with Crippen LogP contribution < -0.4 is 11.2 Å². The van der Waals surface area contributed by atoms with Gasteiger partial charge in [0.25, 0.3) is 5.56 Å². The average Bonchev–Trinajstić information content (AvgIpc) is 2.63. The number of carbonyl (C=O) groups excluding carboxylic acids is 1. The van der Waals surface area contributed by atoms with Gasteiger partial charge in [-0.1, -0.05) is 0 Å². The van der Waals surface area contributed by atoms with Crippen molar-refractivity contribution < 1.29 is 4.79 Å². The largest absolute Gasteiger partial charge is 0.342 e. The molecule has 0 unspecified atom stereocenters. The van der Waals surface area contributed by atoms with E-state index in [9.17, 15) is 14.4 Å². The summed E-state index contributed by atoms with van der Waals surface area (Å²) in [5.41, 5.74) is 0.308. The molecule has 0 aromatic carbocycles. The first-order valence-corrected chi connectivity index (χ1v) is 7.87. The second kappa shape index (κ2) is 6.77. The Morgan fingerprint density at radius 2 is 2.25 bits per heavy atom. The molecule has 1 aliphatic heterocycles. The van der Waals surface area contributed by atoms with Crippen molar-refractivity contribution in [3.05, 3.63) is 56.9 Å². The van der Waals surface area contributed by atoms with E-state index in [2.05, 4.69) is 15.0 Å². The lowest BCUT2D eigenvalue weighted by Gasteiger charge is -2.32. The molecule has 0 radical (unpaired) electrons. The van der Waals surface area contributed by atoms with Crippen LogP contribution in [0.5, 0.6) is 0 Å². The van der Waals surface area contributed by atoms with Gasteiger partial charge in [0.05, 0.1) is 6.42 Å². The fourth-order valence-electron chi connectivity index (χ4n) is 3.00. The Bertz CT molecular complexity index is 843. The van der Waals surface area contributed by atoms with Crippen LogP contribution in [0.3, 0.4) is 0 Å². The molecule has 0 saturated carbocycles. The third kappa shape index (κ3) is 3.27. The molecule has 1 aliphatic rings. The van der Waals surface area contributed by atoms with Gasteiger partial charge in [-0.25, -0.2) is 14.8 Å². The maximum Gasteiger partial charge on any atom is 0.328 e. The quantitative estimate of drug-likeness (QED) is 0.841. The minimum atomic E-state index is -0.488. The molecule has 0 spiro atoms. The number of nitrogens with one attached hydrogen (secondary N) is 1. The lowest BCUT2D eigenvalue weighted by atomic mass is 9.94. The van der Waals surface area contributed by atoms with Gasteiger partial charge in [-0.05, 0) is 18.9 Å². The second-order valence-corrected chi connectivity index (χ2v) is 5.97. The lowest BCUT2D eigenvalue weighted by molar-refractivity contribution is -0.131. The predicted octanol–water partition coefficient (Wildman–Crippen LogP) is -0.188. The maximum absolute atomic E-state index is 12.5. The zero-order chi connectivity index (χ0) is 17.1. The summed E-state index contributed by atoms with van der Waals surface area (Å²) in [6.45, 7) is 1.25. The van der Waals surface area contributed by atoms with E-state index in [1.54, 1.807) is 11.1 Å². The summed E-state index contributed by atoms with van der Waals surface area (Å²) in [5, 5.41) is 0. The Labute approximate surface area is 138 Å². The number of amides is 1. The summed E-state index contributed by atoms with van der Waals surface area (Å²) in [4.78, 5) is 48.4. The van der Waals surface area contributed by atoms with E-state index in [1.165, 1.54) is 19.6 Å². The number of aromatic amines is 1. The van der Waals surface area contributed by atoms with Crippen LogP contribution in [0.1, 0.15) is 30.0 Å². The van der Waals surface area contributed by atoms with Gasteiger partial charge in [0.15, 0.2) is 0 Å². The van der Waals surface area contributed by atoms with E-state index >= 15 is 0 Å². The number of H-pyrrole nitrogens is 1. The smallest absolute Gasteiger partial charge is 0.328 e. The van der Waals surface area contributed by atoms with Gasteiger partial charge in [-0.2, -0.15) is 0 Å². The molecule has 1 atom stereocenters. The van der Waals surface area contributed by atoms with Crippen LogP contribution in [0.15, 0.2) is 34.4 Å². The first-order valence-electron chi connectivity index (χ1n) is 7.87.